The summed E-state index contributed by atoms with van der Waals surface area (Å²) in [5.41, 5.74) is 4.27. The van der Waals surface area contributed by atoms with Crippen LogP contribution < -0.4 is 5.32 Å². The number of halogens is 2. The summed E-state index contributed by atoms with van der Waals surface area (Å²) in [5, 5.41) is 5.35. The average Bonchev–Trinajstić information content (AvgIpc) is 3.06. The minimum absolute atomic E-state index is 0.247. The van der Waals surface area contributed by atoms with Crippen LogP contribution in [-0.2, 0) is 25.6 Å². The standard InChI is InChI=1S/C26H26Br2N2O4/c1-5-33-25(31)23-14(3)29-15(4)24(26(32)34-6-2)20(23)13-30-21-9-7-16(27)11-18(21)19-12-17(28)8-10-22(19)30/h7-12,20,29H,5-6,13H2,1-4H3. The van der Waals surface area contributed by atoms with Gasteiger partial charge in [0, 0.05) is 54.6 Å². The number of aromatic nitrogens is 1. The van der Waals surface area contributed by atoms with Gasteiger partial charge in [-0.25, -0.2) is 9.59 Å². The summed E-state index contributed by atoms with van der Waals surface area (Å²) in [6.07, 6.45) is 0. The van der Waals surface area contributed by atoms with E-state index in [0.717, 1.165) is 30.8 Å². The largest absolute Gasteiger partial charge is 0.463 e. The number of hydrogen-bond acceptors (Lipinski definition) is 5. The van der Waals surface area contributed by atoms with Crippen LogP contribution in [0.2, 0.25) is 0 Å². The van der Waals surface area contributed by atoms with E-state index in [0.29, 0.717) is 29.1 Å². The van der Waals surface area contributed by atoms with Crippen molar-refractivity contribution >= 4 is 65.6 Å². The third-order valence-corrected chi connectivity index (χ3v) is 7.01. The molecule has 178 valence electrons. The molecule has 0 radical (unpaired) electrons. The Balaban J connectivity index is 1.94. The van der Waals surface area contributed by atoms with Crippen LogP contribution in [0.1, 0.15) is 27.7 Å². The first-order chi connectivity index (χ1) is 16.3. The van der Waals surface area contributed by atoms with Gasteiger partial charge in [0.1, 0.15) is 0 Å². The molecule has 1 aromatic heterocycles. The number of ether oxygens (including phenoxy) is 2. The zero-order valence-electron chi connectivity index (χ0n) is 19.5. The second-order valence-electron chi connectivity index (χ2n) is 8.13. The Labute approximate surface area is 215 Å². The van der Waals surface area contributed by atoms with E-state index in [1.807, 2.05) is 26.0 Å². The Kier molecular flexibility index (Phi) is 7.19. The summed E-state index contributed by atoms with van der Waals surface area (Å²) in [7, 11) is 0. The first-order valence-corrected chi connectivity index (χ1v) is 12.7. The fourth-order valence-corrected chi connectivity index (χ4v) is 5.42. The van der Waals surface area contributed by atoms with Crippen molar-refractivity contribution in [2.45, 2.75) is 34.2 Å². The summed E-state index contributed by atoms with van der Waals surface area (Å²) in [6.45, 7) is 8.09. The van der Waals surface area contributed by atoms with Gasteiger partial charge in [0.15, 0.2) is 0 Å². The lowest BCUT2D eigenvalue weighted by atomic mass is 9.85. The third-order valence-electron chi connectivity index (χ3n) is 6.02. The lowest BCUT2D eigenvalue weighted by Gasteiger charge is -2.30. The van der Waals surface area contributed by atoms with E-state index >= 15 is 0 Å². The molecular weight excluding hydrogens is 564 g/mol. The van der Waals surface area contributed by atoms with E-state index < -0.39 is 17.9 Å². The van der Waals surface area contributed by atoms with Gasteiger partial charge in [0.05, 0.1) is 24.4 Å². The first-order valence-electron chi connectivity index (χ1n) is 11.2. The number of nitrogens with zero attached hydrogens (tertiary/aromatic N) is 1. The van der Waals surface area contributed by atoms with E-state index in [-0.39, 0.29) is 13.2 Å². The van der Waals surface area contributed by atoms with Gasteiger partial charge in [0.25, 0.3) is 0 Å². The van der Waals surface area contributed by atoms with Gasteiger partial charge in [-0.15, -0.1) is 0 Å². The van der Waals surface area contributed by atoms with Gasteiger partial charge in [-0.3, -0.25) is 0 Å². The van der Waals surface area contributed by atoms with Crippen LogP contribution in [0, 0.1) is 5.92 Å². The van der Waals surface area contributed by atoms with Gasteiger partial charge in [-0.05, 0) is 64.1 Å². The quantitative estimate of drug-likeness (QED) is 0.346. The maximum absolute atomic E-state index is 13.1. The maximum atomic E-state index is 13.1. The molecule has 6 nitrogen and oxygen atoms in total. The van der Waals surface area contributed by atoms with E-state index in [1.54, 1.807) is 13.8 Å². The molecule has 2 aromatic carbocycles. The molecular formula is C26H26Br2N2O4. The summed E-state index contributed by atoms with van der Waals surface area (Å²) in [5.74, 6) is -1.40. The summed E-state index contributed by atoms with van der Waals surface area (Å²) in [6, 6.07) is 12.3. The first kappa shape index (κ1) is 24.5. The lowest BCUT2D eigenvalue weighted by molar-refractivity contribution is -0.140. The molecule has 1 aliphatic heterocycles. The predicted molar refractivity (Wildman–Crippen MR) is 140 cm³/mol. The second-order valence-corrected chi connectivity index (χ2v) is 9.96. The summed E-state index contributed by atoms with van der Waals surface area (Å²) in [4.78, 5) is 26.2. The zero-order valence-corrected chi connectivity index (χ0v) is 22.7. The molecule has 2 heterocycles. The van der Waals surface area contributed by atoms with Gasteiger partial charge in [-0.1, -0.05) is 31.9 Å². The molecule has 1 N–H and O–H groups in total. The van der Waals surface area contributed by atoms with Crippen molar-refractivity contribution in [3.05, 3.63) is 67.9 Å². The minimum atomic E-state index is -0.537. The Morgan fingerprint density at radius 2 is 1.29 bits per heavy atom. The van der Waals surface area contributed by atoms with Crippen molar-refractivity contribution in [3.63, 3.8) is 0 Å². The van der Waals surface area contributed by atoms with Crippen LogP contribution in [0.4, 0.5) is 0 Å². The highest BCUT2D eigenvalue weighted by Gasteiger charge is 2.37. The zero-order chi connectivity index (χ0) is 24.6. The molecule has 1 aliphatic rings. The molecule has 4 rings (SSSR count). The highest BCUT2D eigenvalue weighted by Crippen LogP contribution is 2.38. The number of dihydropyridines is 1. The van der Waals surface area contributed by atoms with E-state index in [1.165, 1.54) is 0 Å². The number of carbonyl (C=O) groups is 2. The Morgan fingerprint density at radius 3 is 1.71 bits per heavy atom. The van der Waals surface area contributed by atoms with Gasteiger partial charge >= 0.3 is 11.9 Å². The van der Waals surface area contributed by atoms with Crippen molar-refractivity contribution in [2.24, 2.45) is 5.92 Å². The average molecular weight is 590 g/mol. The van der Waals surface area contributed by atoms with Crippen LogP contribution in [-0.4, -0.2) is 29.7 Å². The second kappa shape index (κ2) is 9.96. The minimum Gasteiger partial charge on any atom is -0.463 e. The number of rotatable bonds is 6. The van der Waals surface area contributed by atoms with Crippen LogP contribution in [0.25, 0.3) is 21.8 Å². The monoisotopic (exact) mass is 588 g/mol. The fourth-order valence-electron chi connectivity index (χ4n) is 4.70. The van der Waals surface area contributed by atoms with E-state index in [9.17, 15) is 9.59 Å². The maximum Gasteiger partial charge on any atom is 0.336 e. The molecule has 0 fully saturated rings. The fraction of sp³-hybridized carbons (Fsp3) is 0.308. The molecule has 3 aromatic rings. The molecule has 0 unspecified atom stereocenters. The summed E-state index contributed by atoms with van der Waals surface area (Å²) >= 11 is 7.17. The van der Waals surface area contributed by atoms with E-state index in [4.69, 9.17) is 9.47 Å². The van der Waals surface area contributed by atoms with Gasteiger partial charge in [-0.2, -0.15) is 0 Å². The van der Waals surface area contributed by atoms with Gasteiger partial charge < -0.3 is 19.4 Å². The topological polar surface area (TPSA) is 69.6 Å². The number of nitrogens with one attached hydrogen (secondary N) is 1. The molecule has 0 saturated heterocycles. The predicted octanol–water partition coefficient (Wildman–Crippen LogP) is 6.21. The smallest absolute Gasteiger partial charge is 0.336 e. The molecule has 0 aliphatic carbocycles. The number of allylic oxidation sites excluding steroid dienone is 2. The Morgan fingerprint density at radius 1 is 0.853 bits per heavy atom. The van der Waals surface area contributed by atoms with Gasteiger partial charge in [0.2, 0.25) is 0 Å². The molecule has 0 bridgehead atoms. The van der Waals surface area contributed by atoms with Crippen molar-refractivity contribution in [1.29, 1.82) is 0 Å². The van der Waals surface area contributed by atoms with Crippen LogP contribution in [0.3, 0.4) is 0 Å². The molecule has 0 atom stereocenters. The Hall–Kier alpha value is -2.58. The number of benzene rings is 2. The molecule has 0 spiro atoms. The van der Waals surface area contributed by atoms with Crippen molar-refractivity contribution < 1.29 is 19.1 Å². The molecule has 8 heteroatoms. The van der Waals surface area contributed by atoms with Crippen molar-refractivity contribution in [2.75, 3.05) is 13.2 Å². The number of esters is 2. The highest BCUT2D eigenvalue weighted by atomic mass is 79.9. The van der Waals surface area contributed by atoms with Crippen LogP contribution in [0.5, 0.6) is 0 Å². The number of fused-ring (bicyclic) bond motifs is 3. The number of carbonyl (C=O) groups excluding carboxylic acids is 2. The highest BCUT2D eigenvalue weighted by molar-refractivity contribution is 9.10. The lowest BCUT2D eigenvalue weighted by Crippen LogP contribution is -2.35. The molecule has 34 heavy (non-hydrogen) atoms. The molecule has 0 amide bonds. The Bertz CT molecular complexity index is 1270. The van der Waals surface area contributed by atoms with Crippen LogP contribution >= 0.6 is 31.9 Å². The SMILES string of the molecule is CCOC(=O)C1=C(C)NC(C)=C(C(=O)OCC)C1Cn1c2ccc(Br)cc2c2cc(Br)ccc21. The van der Waals surface area contributed by atoms with Crippen molar-refractivity contribution in [3.8, 4) is 0 Å². The van der Waals surface area contributed by atoms with Crippen molar-refractivity contribution in [1.82, 2.24) is 9.88 Å². The third kappa shape index (κ3) is 4.41. The van der Waals surface area contributed by atoms with E-state index in [2.05, 4.69) is 66.0 Å². The van der Waals surface area contributed by atoms with Crippen LogP contribution in [0.15, 0.2) is 67.9 Å². The molecule has 0 saturated carbocycles. The summed E-state index contributed by atoms with van der Waals surface area (Å²) < 4.78 is 14.9. The number of hydrogen-bond donors (Lipinski definition) is 1. The normalized spacial score (nSPS) is 14.6.